The molecule has 1 aliphatic rings. The third-order valence-corrected chi connectivity index (χ3v) is 4.41. The molecule has 1 aliphatic heterocycles. The monoisotopic (exact) mass is 292 g/mol. The Morgan fingerprint density at radius 1 is 1.29 bits per heavy atom. The molecule has 1 saturated heterocycles. The van der Waals surface area contributed by atoms with Gasteiger partial charge in [-0.3, -0.25) is 4.90 Å². The van der Waals surface area contributed by atoms with Crippen LogP contribution in [-0.4, -0.2) is 23.5 Å². The number of furan rings is 1. The molecule has 0 atom stereocenters. The SMILES string of the molecule is CCCC1CCN(Cc2ccoc2CNC(C)(C)C)CC1. The molecule has 0 aliphatic carbocycles. The Morgan fingerprint density at radius 2 is 2.00 bits per heavy atom. The molecule has 3 nitrogen and oxygen atoms in total. The third kappa shape index (κ3) is 5.48. The third-order valence-electron chi connectivity index (χ3n) is 4.41. The fraction of sp³-hybridized carbons (Fsp3) is 0.778. The maximum absolute atomic E-state index is 5.67. The van der Waals surface area contributed by atoms with E-state index < -0.39 is 0 Å². The van der Waals surface area contributed by atoms with Crippen LogP contribution < -0.4 is 5.32 Å². The quantitative estimate of drug-likeness (QED) is 0.852. The summed E-state index contributed by atoms with van der Waals surface area (Å²) in [6.07, 6.45) is 7.29. The molecule has 0 saturated carbocycles. The van der Waals surface area contributed by atoms with Gasteiger partial charge in [0.2, 0.25) is 0 Å². The van der Waals surface area contributed by atoms with Gasteiger partial charge in [-0.2, -0.15) is 0 Å². The van der Waals surface area contributed by atoms with Crippen molar-refractivity contribution in [1.29, 1.82) is 0 Å². The molecule has 0 radical (unpaired) electrons. The van der Waals surface area contributed by atoms with Gasteiger partial charge in [-0.15, -0.1) is 0 Å². The van der Waals surface area contributed by atoms with Gasteiger partial charge in [0.1, 0.15) is 5.76 Å². The standard InChI is InChI=1S/C18H32N2O/c1-5-6-15-7-10-20(11-8-15)14-16-9-12-21-17(16)13-19-18(2,3)4/h9,12,15,19H,5-8,10-11,13-14H2,1-4H3. The topological polar surface area (TPSA) is 28.4 Å². The second-order valence-electron chi connectivity index (χ2n) is 7.48. The molecule has 1 aromatic rings. The minimum atomic E-state index is 0.128. The van der Waals surface area contributed by atoms with E-state index in [1.54, 1.807) is 0 Å². The number of likely N-dealkylation sites (tertiary alicyclic amines) is 1. The van der Waals surface area contributed by atoms with Crippen LogP contribution in [0.5, 0.6) is 0 Å². The van der Waals surface area contributed by atoms with Crippen LogP contribution in [0.3, 0.4) is 0 Å². The van der Waals surface area contributed by atoms with Crippen LogP contribution in [0, 0.1) is 5.92 Å². The predicted octanol–water partition coefficient (Wildman–Crippen LogP) is 4.18. The van der Waals surface area contributed by atoms with Crippen LogP contribution in [0.2, 0.25) is 0 Å². The van der Waals surface area contributed by atoms with E-state index in [1.807, 2.05) is 6.26 Å². The zero-order valence-corrected chi connectivity index (χ0v) is 14.2. The minimum absolute atomic E-state index is 0.128. The molecule has 0 bridgehead atoms. The molecular weight excluding hydrogens is 260 g/mol. The second kappa shape index (κ2) is 7.46. The van der Waals surface area contributed by atoms with Gasteiger partial charge in [-0.05, 0) is 58.7 Å². The fourth-order valence-corrected chi connectivity index (χ4v) is 3.09. The average molecular weight is 292 g/mol. The Bertz CT molecular complexity index is 411. The molecule has 120 valence electrons. The Hall–Kier alpha value is -0.800. The molecule has 2 rings (SSSR count). The second-order valence-corrected chi connectivity index (χ2v) is 7.48. The molecular formula is C18H32N2O. The minimum Gasteiger partial charge on any atom is -0.468 e. The lowest BCUT2D eigenvalue weighted by molar-refractivity contribution is 0.170. The lowest BCUT2D eigenvalue weighted by atomic mass is 9.92. The van der Waals surface area contributed by atoms with Crippen LogP contribution in [0.4, 0.5) is 0 Å². The summed E-state index contributed by atoms with van der Waals surface area (Å²) < 4.78 is 5.67. The predicted molar refractivity (Wildman–Crippen MR) is 88.2 cm³/mol. The van der Waals surface area contributed by atoms with Gasteiger partial charge >= 0.3 is 0 Å². The molecule has 0 aromatic carbocycles. The molecule has 2 heterocycles. The first-order valence-corrected chi connectivity index (χ1v) is 8.50. The Kier molecular flexibility index (Phi) is 5.88. The Labute approximate surface area is 130 Å². The molecule has 21 heavy (non-hydrogen) atoms. The van der Waals surface area contributed by atoms with Gasteiger partial charge in [0.25, 0.3) is 0 Å². The maximum atomic E-state index is 5.67. The van der Waals surface area contributed by atoms with Gasteiger partial charge in [-0.1, -0.05) is 19.8 Å². The summed E-state index contributed by atoms with van der Waals surface area (Å²) in [6.45, 7) is 13.2. The van der Waals surface area contributed by atoms with E-state index in [0.29, 0.717) is 0 Å². The lowest BCUT2D eigenvalue weighted by Crippen LogP contribution is -2.36. The highest BCUT2D eigenvalue weighted by Crippen LogP contribution is 2.24. The van der Waals surface area contributed by atoms with Crippen molar-refractivity contribution in [2.45, 2.75) is 72.0 Å². The summed E-state index contributed by atoms with van der Waals surface area (Å²) in [4.78, 5) is 2.58. The number of nitrogens with zero attached hydrogens (tertiary/aromatic N) is 1. The number of piperidine rings is 1. The fourth-order valence-electron chi connectivity index (χ4n) is 3.09. The van der Waals surface area contributed by atoms with E-state index in [2.05, 4.69) is 44.0 Å². The highest BCUT2D eigenvalue weighted by atomic mass is 16.3. The van der Waals surface area contributed by atoms with Crippen LogP contribution in [0.1, 0.15) is 64.7 Å². The molecule has 3 heteroatoms. The van der Waals surface area contributed by atoms with Crippen molar-refractivity contribution in [2.24, 2.45) is 5.92 Å². The van der Waals surface area contributed by atoms with Crippen LogP contribution in [-0.2, 0) is 13.1 Å². The van der Waals surface area contributed by atoms with Crippen molar-refractivity contribution in [2.75, 3.05) is 13.1 Å². The molecule has 1 N–H and O–H groups in total. The van der Waals surface area contributed by atoms with Gasteiger partial charge in [-0.25, -0.2) is 0 Å². The number of nitrogens with one attached hydrogen (secondary N) is 1. The van der Waals surface area contributed by atoms with Crippen molar-refractivity contribution in [3.8, 4) is 0 Å². The van der Waals surface area contributed by atoms with Crippen molar-refractivity contribution in [1.82, 2.24) is 10.2 Å². The van der Waals surface area contributed by atoms with E-state index in [-0.39, 0.29) is 5.54 Å². The first kappa shape index (κ1) is 16.6. The average Bonchev–Trinajstić information content (AvgIpc) is 2.86. The van der Waals surface area contributed by atoms with Crippen molar-refractivity contribution in [3.63, 3.8) is 0 Å². The van der Waals surface area contributed by atoms with Crippen molar-refractivity contribution >= 4 is 0 Å². The normalized spacial score (nSPS) is 18.3. The molecule has 0 amide bonds. The number of rotatable bonds is 6. The Morgan fingerprint density at radius 3 is 2.62 bits per heavy atom. The van der Waals surface area contributed by atoms with Gasteiger partial charge in [0.15, 0.2) is 0 Å². The zero-order chi connectivity index (χ0) is 15.3. The van der Waals surface area contributed by atoms with E-state index in [9.17, 15) is 0 Å². The molecule has 0 spiro atoms. The highest BCUT2D eigenvalue weighted by Gasteiger charge is 2.20. The zero-order valence-electron chi connectivity index (χ0n) is 14.2. The molecule has 1 aromatic heterocycles. The summed E-state index contributed by atoms with van der Waals surface area (Å²) in [5.41, 5.74) is 1.48. The molecule has 0 unspecified atom stereocenters. The van der Waals surface area contributed by atoms with Crippen molar-refractivity contribution in [3.05, 3.63) is 23.7 Å². The summed E-state index contributed by atoms with van der Waals surface area (Å²) in [5, 5.41) is 3.51. The van der Waals surface area contributed by atoms with E-state index >= 15 is 0 Å². The first-order chi connectivity index (χ1) is 9.98. The van der Waals surface area contributed by atoms with E-state index in [1.165, 1.54) is 44.3 Å². The van der Waals surface area contributed by atoms with Gasteiger partial charge in [0.05, 0.1) is 12.8 Å². The number of hydrogen-bond donors (Lipinski definition) is 1. The first-order valence-electron chi connectivity index (χ1n) is 8.50. The van der Waals surface area contributed by atoms with Crippen LogP contribution in [0.15, 0.2) is 16.7 Å². The van der Waals surface area contributed by atoms with Crippen LogP contribution in [0.25, 0.3) is 0 Å². The smallest absolute Gasteiger partial charge is 0.122 e. The lowest BCUT2D eigenvalue weighted by Gasteiger charge is -2.31. The van der Waals surface area contributed by atoms with Crippen molar-refractivity contribution < 1.29 is 4.42 Å². The molecule has 1 fully saturated rings. The highest BCUT2D eigenvalue weighted by molar-refractivity contribution is 5.17. The summed E-state index contributed by atoms with van der Waals surface area (Å²) in [5.74, 6) is 2.05. The van der Waals surface area contributed by atoms with Gasteiger partial charge < -0.3 is 9.73 Å². The van der Waals surface area contributed by atoms with Crippen LogP contribution >= 0.6 is 0 Å². The largest absolute Gasteiger partial charge is 0.468 e. The number of hydrogen-bond acceptors (Lipinski definition) is 3. The Balaban J connectivity index is 1.83. The summed E-state index contributed by atoms with van der Waals surface area (Å²) >= 11 is 0. The van der Waals surface area contributed by atoms with E-state index in [0.717, 1.165) is 24.8 Å². The maximum Gasteiger partial charge on any atom is 0.122 e. The summed E-state index contributed by atoms with van der Waals surface area (Å²) in [6, 6.07) is 2.14. The van der Waals surface area contributed by atoms with E-state index in [4.69, 9.17) is 4.42 Å². The summed E-state index contributed by atoms with van der Waals surface area (Å²) in [7, 11) is 0. The van der Waals surface area contributed by atoms with Gasteiger partial charge in [0, 0.05) is 17.6 Å².